The number of carboxylic acids is 1. The second-order valence-electron chi connectivity index (χ2n) is 10.4. The van der Waals surface area contributed by atoms with Gasteiger partial charge < -0.3 is 26.0 Å². The van der Waals surface area contributed by atoms with Crippen LogP contribution in [0.4, 0.5) is 0 Å². The molecule has 220 valence electrons. The van der Waals surface area contributed by atoms with Crippen LogP contribution < -0.4 is 15.8 Å². The number of fused-ring (bicyclic) bond motifs is 1. The molecule has 3 atom stereocenters. The van der Waals surface area contributed by atoms with Crippen LogP contribution in [0.5, 0.6) is 0 Å². The highest BCUT2D eigenvalue weighted by atomic mass is 32.2. The number of benzene rings is 2. The van der Waals surface area contributed by atoms with Gasteiger partial charge in [-0.1, -0.05) is 30.3 Å². The van der Waals surface area contributed by atoms with Gasteiger partial charge in [0.05, 0.1) is 11.3 Å². The van der Waals surface area contributed by atoms with Crippen molar-refractivity contribution in [3.8, 4) is 0 Å². The summed E-state index contributed by atoms with van der Waals surface area (Å²) in [7, 11) is -4.25. The number of nitrogens with one attached hydrogen (secondary N) is 3. The molecule has 0 aromatic heterocycles. The first-order valence-corrected chi connectivity index (χ1v) is 14.8. The molecule has 2 fully saturated rings. The van der Waals surface area contributed by atoms with E-state index in [0.717, 1.165) is 18.2 Å². The molecule has 2 saturated heterocycles. The summed E-state index contributed by atoms with van der Waals surface area (Å²) in [5.41, 5.74) is 5.60. The lowest BCUT2D eigenvalue weighted by molar-refractivity contribution is -0.151. The summed E-state index contributed by atoms with van der Waals surface area (Å²) in [6.45, 7) is 0.917. The van der Waals surface area contributed by atoms with E-state index >= 15 is 0 Å². The van der Waals surface area contributed by atoms with Crippen molar-refractivity contribution < 1.29 is 32.7 Å². The van der Waals surface area contributed by atoms with Gasteiger partial charge in [-0.05, 0) is 41.7 Å². The molecule has 2 amide bonds. The monoisotopic (exact) mass is 586 g/mol. The number of hydrogen-bond donors (Lipinski definition) is 5. The first kappa shape index (κ1) is 29.9. The number of carbonyl (C=O) groups is 4. The van der Waals surface area contributed by atoms with E-state index in [0.29, 0.717) is 18.5 Å². The molecule has 0 bridgehead atoms. The van der Waals surface area contributed by atoms with Crippen molar-refractivity contribution in [2.75, 3.05) is 32.7 Å². The summed E-state index contributed by atoms with van der Waals surface area (Å²) in [5, 5.41) is 21.2. The van der Waals surface area contributed by atoms with Crippen LogP contribution in [0.25, 0.3) is 10.8 Å². The molecule has 0 saturated carbocycles. The van der Waals surface area contributed by atoms with Gasteiger partial charge in [0, 0.05) is 39.1 Å². The maximum Gasteiger partial charge on any atom is 0.315 e. The molecule has 0 spiro atoms. The van der Waals surface area contributed by atoms with Gasteiger partial charge in [-0.15, -0.1) is 0 Å². The fourth-order valence-corrected chi connectivity index (χ4v) is 6.41. The second kappa shape index (κ2) is 12.6. The molecule has 2 aliphatic rings. The molecule has 2 heterocycles. The predicted molar refractivity (Wildman–Crippen MR) is 149 cm³/mol. The van der Waals surface area contributed by atoms with Crippen LogP contribution >= 0.6 is 0 Å². The Bertz CT molecular complexity index is 1460. The topological polar surface area (TPSA) is 203 Å². The molecule has 4 rings (SSSR count). The number of carboxylic acid groups (broad SMARTS) is 1. The minimum atomic E-state index is -4.25. The Labute approximate surface area is 237 Å². The van der Waals surface area contributed by atoms with Crippen LogP contribution in [0.1, 0.15) is 25.7 Å². The normalized spacial score (nSPS) is 20.4. The summed E-state index contributed by atoms with van der Waals surface area (Å²) < 4.78 is 29.1. The Morgan fingerprint density at radius 3 is 2.51 bits per heavy atom. The first-order chi connectivity index (χ1) is 19.4. The van der Waals surface area contributed by atoms with E-state index in [1.54, 1.807) is 23.1 Å². The largest absolute Gasteiger partial charge is 0.481 e. The number of nitrogens with zero attached hydrogens (tertiary/aromatic N) is 2. The van der Waals surface area contributed by atoms with E-state index in [9.17, 15) is 32.7 Å². The second-order valence-corrected chi connectivity index (χ2v) is 12.1. The molecule has 0 radical (unpaired) electrons. The van der Waals surface area contributed by atoms with Gasteiger partial charge in [0.1, 0.15) is 12.0 Å². The van der Waals surface area contributed by atoms with E-state index in [1.807, 2.05) is 12.1 Å². The van der Waals surface area contributed by atoms with Gasteiger partial charge in [-0.3, -0.25) is 24.6 Å². The molecule has 13 nitrogen and oxygen atoms in total. The zero-order valence-corrected chi connectivity index (χ0v) is 23.2. The number of rotatable bonds is 9. The SMILES string of the molecule is N=C(N)N1CCC[C@@H](CNC(=O)[C@@H](CC(=O)N2CCC(=O)C(C(=O)O)C2)NS(=O)(=O)c2ccc3ccccc3c2)C1. The lowest BCUT2D eigenvalue weighted by atomic mass is 9.96. The molecule has 2 aromatic rings. The maximum atomic E-state index is 13.4. The average molecular weight is 587 g/mol. The van der Waals surface area contributed by atoms with E-state index in [1.165, 1.54) is 17.0 Å². The van der Waals surface area contributed by atoms with Gasteiger partial charge in [-0.2, -0.15) is 4.72 Å². The number of piperidine rings is 2. The Hall–Kier alpha value is -4.04. The van der Waals surface area contributed by atoms with E-state index in [2.05, 4.69) is 10.0 Å². The molecule has 6 N–H and O–H groups in total. The molecule has 41 heavy (non-hydrogen) atoms. The van der Waals surface area contributed by atoms with Gasteiger partial charge in [0.15, 0.2) is 11.7 Å². The molecular weight excluding hydrogens is 552 g/mol. The van der Waals surface area contributed by atoms with Crippen LogP contribution in [0, 0.1) is 17.2 Å². The standard InChI is InChI=1S/C27H34N6O7S/c28-27(29)33-10-3-4-17(15-33)14-30-25(36)22(13-24(35)32-11-9-23(34)21(16-32)26(37)38)31-41(39,40)20-8-7-18-5-1-2-6-19(18)12-20/h1-2,5-8,12,17,21-22,31H,3-4,9-11,13-16H2,(H3,28,29)(H,30,36)(H,37,38)/t17-,21?,22+/m0/s1. The van der Waals surface area contributed by atoms with E-state index in [-0.39, 0.29) is 42.8 Å². The zero-order valence-electron chi connectivity index (χ0n) is 22.4. The molecule has 1 unspecified atom stereocenters. The fourth-order valence-electron chi connectivity index (χ4n) is 5.18. The third-order valence-electron chi connectivity index (χ3n) is 7.52. The smallest absolute Gasteiger partial charge is 0.315 e. The van der Waals surface area contributed by atoms with Crippen LogP contribution in [0.2, 0.25) is 0 Å². The average Bonchev–Trinajstić information content (AvgIpc) is 2.95. The number of nitrogens with two attached hydrogens (primary N) is 1. The summed E-state index contributed by atoms with van der Waals surface area (Å²) in [6.07, 6.45) is 0.837. The zero-order chi connectivity index (χ0) is 29.7. The minimum absolute atomic E-state index is 0.0177. The quantitative estimate of drug-likeness (QED) is 0.153. The summed E-state index contributed by atoms with van der Waals surface area (Å²) >= 11 is 0. The summed E-state index contributed by atoms with van der Waals surface area (Å²) in [6, 6.07) is 10.2. The van der Waals surface area contributed by atoms with Crippen molar-refractivity contribution in [3.63, 3.8) is 0 Å². The maximum absolute atomic E-state index is 13.4. The number of amides is 2. The van der Waals surface area contributed by atoms with Crippen LogP contribution in [0.3, 0.4) is 0 Å². The summed E-state index contributed by atoms with van der Waals surface area (Å²) in [4.78, 5) is 52.7. The van der Waals surface area contributed by atoms with Crippen LogP contribution in [-0.4, -0.2) is 91.6 Å². The molecule has 2 aliphatic heterocycles. The minimum Gasteiger partial charge on any atom is -0.481 e. The number of sulfonamides is 1. The number of carbonyl (C=O) groups excluding carboxylic acids is 3. The number of likely N-dealkylation sites (tertiary alicyclic amines) is 2. The van der Waals surface area contributed by atoms with Crippen molar-refractivity contribution >= 4 is 50.3 Å². The van der Waals surface area contributed by atoms with Crippen molar-refractivity contribution in [2.24, 2.45) is 17.6 Å². The van der Waals surface area contributed by atoms with Gasteiger partial charge in [0.2, 0.25) is 21.8 Å². The van der Waals surface area contributed by atoms with Gasteiger partial charge in [-0.25, -0.2) is 8.42 Å². The summed E-state index contributed by atoms with van der Waals surface area (Å²) in [5.74, 6) is -4.66. The van der Waals surface area contributed by atoms with Crippen molar-refractivity contribution in [3.05, 3.63) is 42.5 Å². The Balaban J connectivity index is 1.51. The lowest BCUT2D eigenvalue weighted by Crippen LogP contribution is -2.53. The Morgan fingerprint density at radius 1 is 1.07 bits per heavy atom. The third kappa shape index (κ3) is 7.38. The van der Waals surface area contributed by atoms with Crippen LogP contribution in [-0.2, 0) is 29.2 Å². The Morgan fingerprint density at radius 2 is 1.80 bits per heavy atom. The lowest BCUT2D eigenvalue weighted by Gasteiger charge is -2.33. The van der Waals surface area contributed by atoms with Gasteiger partial charge >= 0.3 is 5.97 Å². The number of Topliss-reactive ketones (excluding diaryl/α,β-unsaturated/α-hetero) is 1. The Kier molecular flexibility index (Phi) is 9.23. The number of guanidine groups is 1. The van der Waals surface area contributed by atoms with Crippen molar-refractivity contribution in [2.45, 2.75) is 36.6 Å². The molecular formula is C27H34N6O7S. The first-order valence-electron chi connectivity index (χ1n) is 13.4. The highest BCUT2D eigenvalue weighted by Gasteiger charge is 2.37. The highest BCUT2D eigenvalue weighted by molar-refractivity contribution is 7.89. The highest BCUT2D eigenvalue weighted by Crippen LogP contribution is 2.21. The van der Waals surface area contributed by atoms with Gasteiger partial charge in [0.25, 0.3) is 0 Å². The predicted octanol–water partition coefficient (Wildman–Crippen LogP) is 0.101. The van der Waals surface area contributed by atoms with Crippen molar-refractivity contribution in [1.82, 2.24) is 19.8 Å². The van der Waals surface area contributed by atoms with Crippen molar-refractivity contribution in [1.29, 1.82) is 5.41 Å². The molecule has 14 heteroatoms. The molecule has 2 aromatic carbocycles. The number of ketones is 1. The molecule has 0 aliphatic carbocycles. The number of hydrogen-bond acceptors (Lipinski definition) is 7. The van der Waals surface area contributed by atoms with Crippen LogP contribution in [0.15, 0.2) is 47.4 Å². The number of aliphatic carboxylic acids is 1. The third-order valence-corrected chi connectivity index (χ3v) is 8.99. The van der Waals surface area contributed by atoms with E-state index in [4.69, 9.17) is 11.1 Å². The van der Waals surface area contributed by atoms with E-state index < -0.39 is 52.0 Å². The fraction of sp³-hybridized carbons (Fsp3) is 0.444.